The molecule has 1 heterocycles. The molecule has 18 heavy (non-hydrogen) atoms. The number of hydrogen-bond acceptors (Lipinski definition) is 2. The van der Waals surface area contributed by atoms with Crippen LogP contribution in [0.5, 0.6) is 0 Å². The van der Waals surface area contributed by atoms with Gasteiger partial charge in [0.1, 0.15) is 0 Å². The smallest absolute Gasteiger partial charge is 0.412 e. The summed E-state index contributed by atoms with van der Waals surface area (Å²) in [6, 6.07) is 5.31. The summed E-state index contributed by atoms with van der Waals surface area (Å²) in [7, 11) is 0. The molecule has 6 heteroatoms. The van der Waals surface area contributed by atoms with Crippen LogP contribution >= 0.6 is 11.3 Å². The molecule has 0 aliphatic carbocycles. The highest BCUT2D eigenvalue weighted by Crippen LogP contribution is 2.22. The lowest BCUT2D eigenvalue weighted by Gasteiger charge is -2.18. The number of halogens is 2. The highest BCUT2D eigenvalue weighted by Gasteiger charge is 2.18. The molecule has 1 N–H and O–H groups in total. The summed E-state index contributed by atoms with van der Waals surface area (Å²) in [6.07, 6.45) is -1.21. The molecular weight excluding hydrogens is 260 g/mol. The Labute approximate surface area is 106 Å². The minimum Gasteiger partial charge on any atom is -0.465 e. The topological polar surface area (TPSA) is 40.5 Å². The second-order valence-corrected chi connectivity index (χ2v) is 4.34. The van der Waals surface area contributed by atoms with Gasteiger partial charge in [-0.25, -0.2) is 13.6 Å². The number of carbonyl (C=O) groups is 1. The third-order valence-electron chi connectivity index (χ3n) is 2.41. The fourth-order valence-corrected chi connectivity index (χ4v) is 2.16. The van der Waals surface area contributed by atoms with E-state index in [1.807, 2.05) is 0 Å². The lowest BCUT2D eigenvalue weighted by atomic mass is 10.2. The average molecular weight is 269 g/mol. The zero-order valence-corrected chi connectivity index (χ0v) is 9.95. The van der Waals surface area contributed by atoms with Crippen molar-refractivity contribution in [1.82, 2.24) is 0 Å². The van der Waals surface area contributed by atoms with E-state index in [0.717, 1.165) is 11.0 Å². The zero-order chi connectivity index (χ0) is 13.1. The molecule has 0 atom stereocenters. The Hall–Kier alpha value is -1.95. The number of hydrogen-bond donors (Lipinski definition) is 1. The first-order chi connectivity index (χ1) is 8.59. The fourth-order valence-electron chi connectivity index (χ4n) is 1.52. The number of amides is 1. The Bertz CT molecular complexity index is 557. The normalized spacial score (nSPS) is 10.3. The van der Waals surface area contributed by atoms with E-state index in [1.54, 1.807) is 16.8 Å². The zero-order valence-electron chi connectivity index (χ0n) is 9.14. The third kappa shape index (κ3) is 2.48. The van der Waals surface area contributed by atoms with Crippen LogP contribution in [0.25, 0.3) is 0 Å². The van der Waals surface area contributed by atoms with Crippen LogP contribution in [0.3, 0.4) is 0 Å². The highest BCUT2D eigenvalue weighted by molar-refractivity contribution is 7.08. The van der Waals surface area contributed by atoms with Crippen LogP contribution < -0.4 is 4.90 Å². The van der Waals surface area contributed by atoms with E-state index in [1.165, 1.54) is 23.5 Å². The van der Waals surface area contributed by atoms with Gasteiger partial charge in [0.25, 0.3) is 0 Å². The third-order valence-corrected chi connectivity index (χ3v) is 3.08. The maximum absolute atomic E-state index is 13.5. The van der Waals surface area contributed by atoms with Crippen LogP contribution in [0.15, 0.2) is 35.0 Å². The molecule has 94 valence electrons. The summed E-state index contributed by atoms with van der Waals surface area (Å²) in [4.78, 5) is 12.1. The van der Waals surface area contributed by atoms with E-state index < -0.39 is 17.7 Å². The molecule has 0 saturated carbocycles. The van der Waals surface area contributed by atoms with Crippen molar-refractivity contribution in [2.45, 2.75) is 6.54 Å². The van der Waals surface area contributed by atoms with Gasteiger partial charge in [0.2, 0.25) is 0 Å². The van der Waals surface area contributed by atoms with Gasteiger partial charge in [-0.05, 0) is 17.5 Å². The van der Waals surface area contributed by atoms with Crippen molar-refractivity contribution < 1.29 is 18.7 Å². The molecule has 0 aliphatic heterocycles. The lowest BCUT2D eigenvalue weighted by molar-refractivity contribution is 0.201. The lowest BCUT2D eigenvalue weighted by Crippen LogP contribution is -2.28. The number of rotatable bonds is 3. The van der Waals surface area contributed by atoms with E-state index in [2.05, 4.69) is 0 Å². The summed E-state index contributed by atoms with van der Waals surface area (Å²) >= 11 is 1.33. The average Bonchev–Trinajstić information content (AvgIpc) is 2.84. The van der Waals surface area contributed by atoms with E-state index in [4.69, 9.17) is 5.11 Å². The molecule has 3 nitrogen and oxygen atoms in total. The summed E-state index contributed by atoms with van der Waals surface area (Å²) < 4.78 is 26.5. The van der Waals surface area contributed by atoms with Gasteiger partial charge >= 0.3 is 6.09 Å². The molecule has 0 fully saturated rings. The van der Waals surface area contributed by atoms with Crippen LogP contribution in [0.1, 0.15) is 5.56 Å². The van der Waals surface area contributed by atoms with E-state index in [0.29, 0.717) is 5.69 Å². The molecule has 1 amide bonds. The van der Waals surface area contributed by atoms with Crippen molar-refractivity contribution in [3.8, 4) is 0 Å². The van der Waals surface area contributed by atoms with Crippen LogP contribution in [0, 0.1) is 11.6 Å². The first-order valence-electron chi connectivity index (χ1n) is 5.05. The Balaban J connectivity index is 2.30. The summed E-state index contributed by atoms with van der Waals surface area (Å²) in [5.41, 5.74) is 0.444. The molecule has 0 spiro atoms. The molecule has 1 aromatic heterocycles. The molecule has 0 bridgehead atoms. The van der Waals surface area contributed by atoms with E-state index in [9.17, 15) is 13.6 Å². The Morgan fingerprint density at radius 3 is 2.72 bits per heavy atom. The maximum atomic E-state index is 13.5. The predicted octanol–water partition coefficient (Wildman–Crippen LogP) is 3.71. The molecule has 1 aromatic carbocycles. The first kappa shape index (κ1) is 12.5. The number of benzene rings is 1. The van der Waals surface area contributed by atoms with E-state index in [-0.39, 0.29) is 12.1 Å². The summed E-state index contributed by atoms with van der Waals surface area (Å²) in [6.45, 7) is -0.227. The van der Waals surface area contributed by atoms with Gasteiger partial charge in [0, 0.05) is 10.9 Å². The summed E-state index contributed by atoms with van der Waals surface area (Å²) in [5, 5.41) is 12.4. The highest BCUT2D eigenvalue weighted by atomic mass is 32.1. The largest absolute Gasteiger partial charge is 0.465 e. The number of nitrogens with zero attached hydrogens (tertiary/aromatic N) is 1. The Morgan fingerprint density at radius 2 is 2.11 bits per heavy atom. The van der Waals surface area contributed by atoms with Gasteiger partial charge in [-0.15, -0.1) is 0 Å². The number of carboxylic acid groups (broad SMARTS) is 1. The second-order valence-electron chi connectivity index (χ2n) is 3.56. The Kier molecular flexibility index (Phi) is 3.57. The van der Waals surface area contributed by atoms with Crippen molar-refractivity contribution in [2.75, 3.05) is 4.90 Å². The van der Waals surface area contributed by atoms with Crippen LogP contribution in [-0.2, 0) is 6.54 Å². The van der Waals surface area contributed by atoms with Gasteiger partial charge in [0.05, 0.1) is 12.2 Å². The molecule has 2 rings (SSSR count). The molecule has 0 saturated heterocycles. The molecule has 0 radical (unpaired) electrons. The van der Waals surface area contributed by atoms with Crippen LogP contribution in [0.2, 0.25) is 0 Å². The summed E-state index contributed by atoms with van der Waals surface area (Å²) in [5.74, 6) is -2.00. The van der Waals surface area contributed by atoms with Gasteiger partial charge in [-0.3, -0.25) is 4.90 Å². The molecule has 2 aromatic rings. The minimum absolute atomic E-state index is 0.00333. The maximum Gasteiger partial charge on any atom is 0.412 e. The number of anilines is 1. The fraction of sp³-hybridized carbons (Fsp3) is 0.0833. The SMILES string of the molecule is O=C(O)N(Cc1cccc(F)c1F)c1ccsc1. The van der Waals surface area contributed by atoms with Crippen molar-refractivity contribution in [3.05, 3.63) is 52.2 Å². The van der Waals surface area contributed by atoms with Gasteiger partial charge in [0.15, 0.2) is 11.6 Å². The van der Waals surface area contributed by atoms with Crippen LogP contribution in [0.4, 0.5) is 19.3 Å². The molecular formula is C12H9F2NO2S. The molecule has 0 unspecified atom stereocenters. The minimum atomic E-state index is -1.21. The second kappa shape index (κ2) is 5.14. The first-order valence-corrected chi connectivity index (χ1v) is 5.99. The number of thiophene rings is 1. The molecule has 0 aliphatic rings. The Morgan fingerprint density at radius 1 is 1.33 bits per heavy atom. The van der Waals surface area contributed by atoms with Crippen molar-refractivity contribution in [1.29, 1.82) is 0 Å². The van der Waals surface area contributed by atoms with Gasteiger partial charge in [-0.2, -0.15) is 11.3 Å². The van der Waals surface area contributed by atoms with Crippen molar-refractivity contribution >= 4 is 23.1 Å². The van der Waals surface area contributed by atoms with Crippen molar-refractivity contribution in [2.24, 2.45) is 0 Å². The quantitative estimate of drug-likeness (QED) is 0.922. The monoisotopic (exact) mass is 269 g/mol. The van der Waals surface area contributed by atoms with Gasteiger partial charge in [-0.1, -0.05) is 12.1 Å². The van der Waals surface area contributed by atoms with Gasteiger partial charge < -0.3 is 5.11 Å². The standard InChI is InChI=1S/C12H9F2NO2S/c13-10-3-1-2-8(11(10)14)6-15(12(16)17)9-4-5-18-7-9/h1-5,7H,6H2,(H,16,17). The van der Waals surface area contributed by atoms with E-state index >= 15 is 0 Å². The van der Waals surface area contributed by atoms with Crippen molar-refractivity contribution in [3.63, 3.8) is 0 Å². The predicted molar refractivity (Wildman–Crippen MR) is 64.9 cm³/mol. The van der Waals surface area contributed by atoms with Crippen LogP contribution in [-0.4, -0.2) is 11.2 Å².